The van der Waals surface area contributed by atoms with E-state index in [0.717, 1.165) is 30.9 Å². The van der Waals surface area contributed by atoms with E-state index in [4.69, 9.17) is 0 Å². The Hall–Kier alpha value is -1.92. The lowest BCUT2D eigenvalue weighted by atomic mass is 9.93. The van der Waals surface area contributed by atoms with E-state index in [-0.39, 0.29) is 24.4 Å². The number of rotatable bonds is 6. The molecule has 7 heteroatoms. The molecule has 136 valence electrons. The fraction of sp³-hybridized carbons (Fsp3) is 0.500. The molecule has 6 nitrogen and oxygen atoms in total. The standard InChI is InChI=1S/C18H25N5O.ClH/c1-14(20-18(24)8-7-15-9-11-19-12-10-15)17-13-23(22-21-17)16-5-3-2-4-6-16;/h2-6,13-15,19H,7-12H2,1H3,(H,20,24);1H. The van der Waals surface area contributed by atoms with Crippen molar-refractivity contribution < 1.29 is 4.79 Å². The highest BCUT2D eigenvalue weighted by Crippen LogP contribution is 2.18. The van der Waals surface area contributed by atoms with E-state index in [9.17, 15) is 4.79 Å². The molecule has 0 aliphatic carbocycles. The van der Waals surface area contributed by atoms with Gasteiger partial charge < -0.3 is 10.6 Å². The van der Waals surface area contributed by atoms with Gasteiger partial charge in [0.1, 0.15) is 5.69 Å². The Morgan fingerprint density at radius 1 is 1.32 bits per heavy atom. The number of halogens is 1. The molecule has 1 aliphatic heterocycles. The molecule has 3 rings (SSSR count). The van der Waals surface area contributed by atoms with Crippen LogP contribution < -0.4 is 10.6 Å². The summed E-state index contributed by atoms with van der Waals surface area (Å²) < 4.78 is 1.73. The summed E-state index contributed by atoms with van der Waals surface area (Å²) in [6.07, 6.45) is 5.77. The first-order valence-corrected chi connectivity index (χ1v) is 8.70. The van der Waals surface area contributed by atoms with Crippen LogP contribution in [0.4, 0.5) is 0 Å². The molecule has 1 fully saturated rings. The number of benzene rings is 1. The lowest BCUT2D eigenvalue weighted by Crippen LogP contribution is -2.30. The third-order valence-corrected chi connectivity index (χ3v) is 4.59. The van der Waals surface area contributed by atoms with Gasteiger partial charge in [-0.25, -0.2) is 4.68 Å². The van der Waals surface area contributed by atoms with Crippen LogP contribution in [0.15, 0.2) is 36.5 Å². The molecular weight excluding hydrogens is 338 g/mol. The maximum atomic E-state index is 12.2. The van der Waals surface area contributed by atoms with Crippen molar-refractivity contribution in [3.63, 3.8) is 0 Å². The van der Waals surface area contributed by atoms with Crippen LogP contribution in [0.25, 0.3) is 5.69 Å². The monoisotopic (exact) mass is 363 g/mol. The highest BCUT2D eigenvalue weighted by molar-refractivity contribution is 5.85. The Labute approximate surface area is 154 Å². The minimum atomic E-state index is -0.136. The predicted octanol–water partition coefficient (Wildman–Crippen LogP) is 2.65. The van der Waals surface area contributed by atoms with Crippen molar-refractivity contribution in [2.24, 2.45) is 5.92 Å². The largest absolute Gasteiger partial charge is 0.348 e. The summed E-state index contributed by atoms with van der Waals surface area (Å²) in [6, 6.07) is 9.70. The van der Waals surface area contributed by atoms with Crippen LogP contribution in [0.1, 0.15) is 44.3 Å². The molecule has 25 heavy (non-hydrogen) atoms. The number of carbonyl (C=O) groups is 1. The van der Waals surface area contributed by atoms with Crippen molar-refractivity contribution in [1.29, 1.82) is 0 Å². The fourth-order valence-electron chi connectivity index (χ4n) is 3.08. The summed E-state index contributed by atoms with van der Waals surface area (Å²) in [7, 11) is 0. The molecule has 0 radical (unpaired) electrons. The highest BCUT2D eigenvalue weighted by atomic mass is 35.5. The van der Waals surface area contributed by atoms with Crippen molar-refractivity contribution >= 4 is 18.3 Å². The third kappa shape index (κ3) is 5.54. The average molecular weight is 364 g/mol. The molecule has 1 aromatic heterocycles. The molecule has 1 aromatic carbocycles. The summed E-state index contributed by atoms with van der Waals surface area (Å²) in [5, 5.41) is 14.7. The van der Waals surface area contributed by atoms with E-state index in [2.05, 4.69) is 20.9 Å². The smallest absolute Gasteiger partial charge is 0.220 e. The third-order valence-electron chi connectivity index (χ3n) is 4.59. The summed E-state index contributed by atoms with van der Waals surface area (Å²) in [5.74, 6) is 0.765. The first kappa shape index (κ1) is 19.4. The summed E-state index contributed by atoms with van der Waals surface area (Å²) in [5.41, 5.74) is 1.73. The van der Waals surface area contributed by atoms with Crippen LogP contribution in [0, 0.1) is 5.92 Å². The summed E-state index contributed by atoms with van der Waals surface area (Å²) >= 11 is 0. The zero-order valence-electron chi connectivity index (χ0n) is 14.5. The molecule has 0 bridgehead atoms. The number of piperidine rings is 1. The molecule has 2 heterocycles. The van der Waals surface area contributed by atoms with E-state index in [0.29, 0.717) is 12.3 Å². The van der Waals surface area contributed by atoms with Gasteiger partial charge in [0.2, 0.25) is 5.91 Å². The van der Waals surface area contributed by atoms with E-state index in [1.54, 1.807) is 4.68 Å². The maximum absolute atomic E-state index is 12.2. The number of nitrogens with one attached hydrogen (secondary N) is 2. The van der Waals surface area contributed by atoms with Crippen molar-refractivity contribution in [2.45, 2.75) is 38.6 Å². The van der Waals surface area contributed by atoms with Gasteiger partial charge >= 0.3 is 0 Å². The van der Waals surface area contributed by atoms with Gasteiger partial charge in [-0.15, -0.1) is 17.5 Å². The minimum absolute atomic E-state index is 0. The van der Waals surface area contributed by atoms with Gasteiger partial charge in [-0.05, 0) is 57.3 Å². The van der Waals surface area contributed by atoms with E-state index in [1.165, 1.54) is 12.8 Å². The quantitative estimate of drug-likeness (QED) is 0.827. The van der Waals surface area contributed by atoms with Gasteiger partial charge in [0.25, 0.3) is 0 Å². The van der Waals surface area contributed by atoms with Crippen LogP contribution in [-0.2, 0) is 4.79 Å². The molecule has 0 spiro atoms. The number of amides is 1. The fourth-order valence-corrected chi connectivity index (χ4v) is 3.08. The minimum Gasteiger partial charge on any atom is -0.348 e. The van der Waals surface area contributed by atoms with Crippen LogP contribution in [0.5, 0.6) is 0 Å². The van der Waals surface area contributed by atoms with Gasteiger partial charge in [0.15, 0.2) is 0 Å². The zero-order valence-corrected chi connectivity index (χ0v) is 15.3. The molecular formula is C18H26ClN5O. The SMILES string of the molecule is CC(NC(=O)CCC1CCNCC1)c1cn(-c2ccccc2)nn1.Cl. The van der Waals surface area contributed by atoms with Gasteiger partial charge in [-0.2, -0.15) is 0 Å². The normalized spacial score (nSPS) is 16.0. The van der Waals surface area contributed by atoms with Gasteiger partial charge in [-0.3, -0.25) is 4.79 Å². The topological polar surface area (TPSA) is 71.8 Å². The molecule has 1 aliphatic rings. The number of para-hydroxylation sites is 1. The first-order valence-electron chi connectivity index (χ1n) is 8.70. The Kier molecular flexibility index (Phi) is 7.40. The molecule has 2 aromatic rings. The van der Waals surface area contributed by atoms with Crippen LogP contribution in [0.3, 0.4) is 0 Å². The van der Waals surface area contributed by atoms with E-state index < -0.39 is 0 Å². The van der Waals surface area contributed by atoms with Gasteiger partial charge in [-0.1, -0.05) is 23.4 Å². The molecule has 0 saturated carbocycles. The zero-order chi connectivity index (χ0) is 16.8. The van der Waals surface area contributed by atoms with Gasteiger partial charge in [0.05, 0.1) is 17.9 Å². The highest BCUT2D eigenvalue weighted by Gasteiger charge is 2.17. The Balaban J connectivity index is 0.00000225. The summed E-state index contributed by atoms with van der Waals surface area (Å²) in [6.45, 7) is 4.10. The molecule has 1 atom stereocenters. The number of hydrogen-bond donors (Lipinski definition) is 2. The van der Waals surface area contributed by atoms with Crippen molar-refractivity contribution in [3.8, 4) is 5.69 Å². The lowest BCUT2D eigenvalue weighted by Gasteiger charge is -2.22. The molecule has 1 saturated heterocycles. The van der Waals surface area contributed by atoms with Crippen LogP contribution >= 0.6 is 12.4 Å². The van der Waals surface area contributed by atoms with Gasteiger partial charge in [0, 0.05) is 6.42 Å². The average Bonchev–Trinajstić information content (AvgIpc) is 3.12. The second-order valence-electron chi connectivity index (χ2n) is 6.44. The van der Waals surface area contributed by atoms with Crippen molar-refractivity contribution in [3.05, 3.63) is 42.2 Å². The van der Waals surface area contributed by atoms with E-state index in [1.807, 2.05) is 43.5 Å². The molecule has 1 amide bonds. The number of aromatic nitrogens is 3. The Morgan fingerprint density at radius 2 is 2.04 bits per heavy atom. The second kappa shape index (κ2) is 9.53. The van der Waals surface area contributed by atoms with E-state index >= 15 is 0 Å². The maximum Gasteiger partial charge on any atom is 0.220 e. The molecule has 1 unspecified atom stereocenters. The van der Waals surface area contributed by atoms with Crippen LogP contribution in [-0.4, -0.2) is 34.0 Å². The Morgan fingerprint density at radius 3 is 2.76 bits per heavy atom. The predicted molar refractivity (Wildman–Crippen MR) is 100.0 cm³/mol. The summed E-state index contributed by atoms with van der Waals surface area (Å²) in [4.78, 5) is 12.2. The number of carbonyl (C=O) groups excluding carboxylic acids is 1. The van der Waals surface area contributed by atoms with Crippen LogP contribution in [0.2, 0.25) is 0 Å². The number of hydrogen-bond acceptors (Lipinski definition) is 4. The first-order chi connectivity index (χ1) is 11.7. The second-order valence-corrected chi connectivity index (χ2v) is 6.44. The Bertz CT molecular complexity index is 654. The number of nitrogens with zero attached hydrogens (tertiary/aromatic N) is 3. The molecule has 2 N–H and O–H groups in total. The van der Waals surface area contributed by atoms with Crippen molar-refractivity contribution in [2.75, 3.05) is 13.1 Å². The van der Waals surface area contributed by atoms with Crippen molar-refractivity contribution in [1.82, 2.24) is 25.6 Å². The lowest BCUT2D eigenvalue weighted by molar-refractivity contribution is -0.122.